The Morgan fingerprint density at radius 1 is 1.05 bits per heavy atom. The van der Waals surface area contributed by atoms with Gasteiger partial charge in [0.1, 0.15) is 0 Å². The number of nitrogens with one attached hydrogen (secondary N) is 1. The van der Waals surface area contributed by atoms with E-state index >= 15 is 0 Å². The molecule has 0 saturated heterocycles. The number of carbonyl (C=O) groups is 1. The molecule has 2 saturated carbocycles. The van der Waals surface area contributed by atoms with Crippen molar-refractivity contribution in [3.05, 3.63) is 0 Å². The Balaban J connectivity index is 1.74. The predicted molar refractivity (Wildman–Crippen MR) is 82.5 cm³/mol. The normalized spacial score (nSPS) is 21.5. The highest BCUT2D eigenvalue weighted by atomic mass is 16.2. The van der Waals surface area contributed by atoms with Gasteiger partial charge in [-0.1, -0.05) is 32.1 Å². The summed E-state index contributed by atoms with van der Waals surface area (Å²) in [6.07, 6.45) is 12.3. The van der Waals surface area contributed by atoms with Gasteiger partial charge in [0, 0.05) is 18.6 Å². The smallest absolute Gasteiger partial charge is 0.234 e. The number of rotatable bonds is 7. The zero-order chi connectivity index (χ0) is 14.2. The quantitative estimate of drug-likeness (QED) is 0.702. The van der Waals surface area contributed by atoms with Gasteiger partial charge in [0.25, 0.3) is 0 Å². The number of carbonyl (C=O) groups excluding carboxylic acids is 1. The first-order chi connectivity index (χ1) is 9.79. The summed E-state index contributed by atoms with van der Waals surface area (Å²) in [7, 11) is 0. The highest BCUT2D eigenvalue weighted by molar-refractivity contribution is 5.78. The monoisotopic (exact) mass is 281 g/mol. The SMILES string of the molecule is NCCCN(CC(=O)NC1CCCCCC1)C1CCC1. The van der Waals surface area contributed by atoms with Crippen LogP contribution in [-0.2, 0) is 4.79 Å². The first-order valence-corrected chi connectivity index (χ1v) is 8.53. The van der Waals surface area contributed by atoms with Gasteiger partial charge in [0.05, 0.1) is 6.54 Å². The van der Waals surface area contributed by atoms with Crippen LogP contribution in [0, 0.1) is 0 Å². The Kier molecular flexibility index (Phi) is 6.80. The van der Waals surface area contributed by atoms with Crippen LogP contribution in [0.1, 0.15) is 64.2 Å². The van der Waals surface area contributed by atoms with Crippen molar-refractivity contribution in [3.63, 3.8) is 0 Å². The van der Waals surface area contributed by atoms with Crippen LogP contribution in [0.2, 0.25) is 0 Å². The van der Waals surface area contributed by atoms with Gasteiger partial charge in [0.15, 0.2) is 0 Å². The molecule has 0 aliphatic heterocycles. The molecule has 20 heavy (non-hydrogen) atoms. The summed E-state index contributed by atoms with van der Waals surface area (Å²) in [4.78, 5) is 14.6. The van der Waals surface area contributed by atoms with Gasteiger partial charge in [-0.15, -0.1) is 0 Å². The highest BCUT2D eigenvalue weighted by Gasteiger charge is 2.26. The van der Waals surface area contributed by atoms with Crippen molar-refractivity contribution in [3.8, 4) is 0 Å². The van der Waals surface area contributed by atoms with Crippen molar-refractivity contribution in [2.24, 2.45) is 5.73 Å². The van der Waals surface area contributed by atoms with E-state index in [9.17, 15) is 4.79 Å². The Morgan fingerprint density at radius 2 is 1.75 bits per heavy atom. The van der Waals surface area contributed by atoms with Crippen LogP contribution < -0.4 is 11.1 Å². The Hall–Kier alpha value is -0.610. The second-order valence-electron chi connectivity index (χ2n) is 6.45. The summed E-state index contributed by atoms with van der Waals surface area (Å²) in [5, 5.41) is 3.26. The molecule has 4 nitrogen and oxygen atoms in total. The van der Waals surface area contributed by atoms with Crippen molar-refractivity contribution < 1.29 is 4.79 Å². The Bertz CT molecular complexity index is 283. The number of nitrogens with zero attached hydrogens (tertiary/aromatic N) is 1. The Morgan fingerprint density at radius 3 is 2.30 bits per heavy atom. The summed E-state index contributed by atoms with van der Waals surface area (Å²) in [5.74, 6) is 0.223. The van der Waals surface area contributed by atoms with Crippen molar-refractivity contribution in [1.29, 1.82) is 0 Å². The van der Waals surface area contributed by atoms with E-state index in [1.807, 2.05) is 0 Å². The maximum atomic E-state index is 12.3. The van der Waals surface area contributed by atoms with E-state index in [2.05, 4.69) is 10.2 Å². The molecule has 0 aromatic carbocycles. The molecule has 0 radical (unpaired) electrons. The molecule has 4 heteroatoms. The van der Waals surface area contributed by atoms with Crippen molar-refractivity contribution in [2.45, 2.75) is 76.3 Å². The summed E-state index contributed by atoms with van der Waals surface area (Å²) in [6.45, 7) is 2.26. The van der Waals surface area contributed by atoms with Crippen LogP contribution in [0.5, 0.6) is 0 Å². The maximum absolute atomic E-state index is 12.3. The summed E-state index contributed by atoms with van der Waals surface area (Å²) in [5.41, 5.74) is 5.61. The average molecular weight is 281 g/mol. The molecule has 1 amide bonds. The number of hydrogen-bond acceptors (Lipinski definition) is 3. The van der Waals surface area contributed by atoms with Crippen molar-refractivity contribution in [2.75, 3.05) is 19.6 Å². The molecular weight excluding hydrogens is 250 g/mol. The third-order valence-corrected chi connectivity index (χ3v) is 4.81. The van der Waals surface area contributed by atoms with E-state index in [0.29, 0.717) is 25.2 Å². The molecule has 0 spiro atoms. The van der Waals surface area contributed by atoms with Crippen molar-refractivity contribution >= 4 is 5.91 Å². The van der Waals surface area contributed by atoms with Gasteiger partial charge < -0.3 is 11.1 Å². The third-order valence-electron chi connectivity index (χ3n) is 4.81. The minimum absolute atomic E-state index is 0.223. The lowest BCUT2D eigenvalue weighted by Crippen LogP contribution is -2.48. The second-order valence-corrected chi connectivity index (χ2v) is 6.45. The molecule has 0 aromatic rings. The van der Waals surface area contributed by atoms with Gasteiger partial charge in [-0.3, -0.25) is 9.69 Å². The van der Waals surface area contributed by atoms with Crippen LogP contribution in [-0.4, -0.2) is 42.5 Å². The second kappa shape index (κ2) is 8.63. The number of nitrogens with two attached hydrogens (primary N) is 1. The summed E-state index contributed by atoms with van der Waals surface area (Å²) >= 11 is 0. The largest absolute Gasteiger partial charge is 0.352 e. The van der Waals surface area contributed by atoms with E-state index in [0.717, 1.165) is 25.8 Å². The van der Waals surface area contributed by atoms with Gasteiger partial charge in [-0.2, -0.15) is 0 Å². The topological polar surface area (TPSA) is 58.4 Å². The molecule has 3 N–H and O–H groups in total. The molecule has 0 unspecified atom stereocenters. The summed E-state index contributed by atoms with van der Waals surface area (Å²) in [6, 6.07) is 1.05. The van der Waals surface area contributed by atoms with Crippen LogP contribution in [0.3, 0.4) is 0 Å². The van der Waals surface area contributed by atoms with E-state index in [1.165, 1.54) is 44.9 Å². The number of amides is 1. The Labute approximate surface area is 123 Å². The molecule has 116 valence electrons. The first-order valence-electron chi connectivity index (χ1n) is 8.53. The minimum Gasteiger partial charge on any atom is -0.352 e. The highest BCUT2D eigenvalue weighted by Crippen LogP contribution is 2.24. The van der Waals surface area contributed by atoms with Gasteiger partial charge in [0.2, 0.25) is 5.91 Å². The number of hydrogen-bond donors (Lipinski definition) is 2. The zero-order valence-corrected chi connectivity index (χ0v) is 12.8. The molecule has 2 aliphatic rings. The van der Waals surface area contributed by atoms with Crippen LogP contribution in [0.15, 0.2) is 0 Å². The molecule has 2 aliphatic carbocycles. The van der Waals surface area contributed by atoms with Gasteiger partial charge in [-0.05, 0) is 38.6 Å². The summed E-state index contributed by atoms with van der Waals surface area (Å²) < 4.78 is 0. The average Bonchev–Trinajstić information content (AvgIpc) is 2.62. The fourth-order valence-electron chi connectivity index (χ4n) is 3.32. The lowest BCUT2D eigenvalue weighted by molar-refractivity contribution is -0.124. The lowest BCUT2D eigenvalue weighted by atomic mass is 9.91. The zero-order valence-electron chi connectivity index (χ0n) is 12.8. The molecule has 0 atom stereocenters. The van der Waals surface area contributed by atoms with Crippen LogP contribution >= 0.6 is 0 Å². The van der Waals surface area contributed by atoms with E-state index < -0.39 is 0 Å². The molecule has 2 rings (SSSR count). The van der Waals surface area contributed by atoms with Crippen LogP contribution in [0.4, 0.5) is 0 Å². The standard InChI is InChI=1S/C16H31N3O/c17-11-6-12-19(15-9-5-10-15)13-16(20)18-14-7-3-1-2-4-8-14/h14-15H,1-13,17H2,(H,18,20). The maximum Gasteiger partial charge on any atom is 0.234 e. The fraction of sp³-hybridized carbons (Fsp3) is 0.938. The predicted octanol–water partition coefficient (Wildman–Crippen LogP) is 2.03. The molecular formula is C16H31N3O. The van der Waals surface area contributed by atoms with Gasteiger partial charge >= 0.3 is 0 Å². The fourth-order valence-corrected chi connectivity index (χ4v) is 3.32. The van der Waals surface area contributed by atoms with E-state index in [1.54, 1.807) is 0 Å². The molecule has 0 heterocycles. The van der Waals surface area contributed by atoms with Gasteiger partial charge in [-0.25, -0.2) is 0 Å². The van der Waals surface area contributed by atoms with E-state index in [-0.39, 0.29) is 5.91 Å². The first kappa shape index (κ1) is 15.8. The van der Waals surface area contributed by atoms with Crippen molar-refractivity contribution in [1.82, 2.24) is 10.2 Å². The molecule has 0 bridgehead atoms. The minimum atomic E-state index is 0.223. The van der Waals surface area contributed by atoms with E-state index in [4.69, 9.17) is 5.73 Å². The molecule has 0 aromatic heterocycles. The third kappa shape index (κ3) is 5.06. The lowest BCUT2D eigenvalue weighted by Gasteiger charge is -2.37. The van der Waals surface area contributed by atoms with Crippen LogP contribution in [0.25, 0.3) is 0 Å². The molecule has 2 fully saturated rings.